The molecular formula is C12H20N4O. The molecule has 17 heavy (non-hydrogen) atoms. The molecule has 0 saturated carbocycles. The van der Waals surface area contributed by atoms with Crippen molar-refractivity contribution in [3.63, 3.8) is 0 Å². The van der Waals surface area contributed by atoms with E-state index in [-0.39, 0.29) is 5.91 Å². The first-order valence-corrected chi connectivity index (χ1v) is 5.94. The number of amides is 1. The van der Waals surface area contributed by atoms with Gasteiger partial charge in [0.25, 0.3) is 0 Å². The van der Waals surface area contributed by atoms with Gasteiger partial charge in [0.15, 0.2) is 0 Å². The maximum Gasteiger partial charge on any atom is 0.219 e. The fraction of sp³-hybridized carbons (Fsp3) is 0.500. The van der Waals surface area contributed by atoms with E-state index >= 15 is 0 Å². The predicted molar refractivity (Wildman–Crippen MR) is 69.7 cm³/mol. The minimum atomic E-state index is 0.109. The molecule has 0 aliphatic heterocycles. The van der Waals surface area contributed by atoms with E-state index in [9.17, 15) is 4.79 Å². The number of carbonyl (C=O) groups excluding carboxylic acids is 1. The zero-order chi connectivity index (χ0) is 12.5. The number of nitrogens with two attached hydrogens (primary N) is 1. The maximum atomic E-state index is 10.9. The number of nitrogen functional groups attached to an aromatic ring is 1. The third-order valence-corrected chi connectivity index (χ3v) is 2.34. The van der Waals surface area contributed by atoms with Crippen molar-refractivity contribution >= 4 is 17.4 Å². The van der Waals surface area contributed by atoms with Gasteiger partial charge in [0.2, 0.25) is 5.91 Å². The summed E-state index contributed by atoms with van der Waals surface area (Å²) in [5.41, 5.74) is 6.20. The van der Waals surface area contributed by atoms with Gasteiger partial charge < -0.3 is 16.4 Å². The van der Waals surface area contributed by atoms with Crippen LogP contribution in [0.25, 0.3) is 0 Å². The van der Waals surface area contributed by atoms with Gasteiger partial charge in [-0.3, -0.25) is 4.79 Å². The Bertz CT molecular complexity index is 337. The number of rotatable bonds is 7. The molecule has 5 nitrogen and oxygen atoms in total. The maximum absolute atomic E-state index is 10.9. The van der Waals surface area contributed by atoms with E-state index in [1.807, 2.05) is 19.1 Å². The summed E-state index contributed by atoms with van der Waals surface area (Å²) in [6.07, 6.45) is 4.14. The van der Waals surface area contributed by atoms with Gasteiger partial charge in [-0.25, -0.2) is 4.98 Å². The van der Waals surface area contributed by atoms with Crippen molar-refractivity contribution < 1.29 is 4.79 Å². The topological polar surface area (TPSA) is 80.0 Å². The zero-order valence-corrected chi connectivity index (χ0v) is 10.2. The summed E-state index contributed by atoms with van der Waals surface area (Å²) in [4.78, 5) is 15.1. The smallest absolute Gasteiger partial charge is 0.219 e. The molecule has 1 heterocycles. The molecule has 94 valence electrons. The second-order valence-corrected chi connectivity index (χ2v) is 3.81. The second kappa shape index (κ2) is 7.49. The van der Waals surface area contributed by atoms with Gasteiger partial charge in [0.1, 0.15) is 5.82 Å². The Kier molecular flexibility index (Phi) is 5.85. The van der Waals surface area contributed by atoms with E-state index in [2.05, 4.69) is 15.6 Å². The first kappa shape index (κ1) is 13.3. The number of unbranched alkanes of at least 4 members (excludes halogenated alkanes) is 1. The van der Waals surface area contributed by atoms with Crippen LogP contribution in [-0.2, 0) is 4.79 Å². The fourth-order valence-corrected chi connectivity index (χ4v) is 1.33. The summed E-state index contributed by atoms with van der Waals surface area (Å²) < 4.78 is 0. The van der Waals surface area contributed by atoms with Gasteiger partial charge >= 0.3 is 0 Å². The number of pyridine rings is 1. The molecule has 0 atom stereocenters. The standard InChI is InChI=1S/C12H20N4O/c1-2-12(17)15-8-4-3-7-14-11-6-5-10(13)9-16-11/h5-6,9H,2-4,7-8,13H2,1H3,(H,14,16)(H,15,17). The van der Waals surface area contributed by atoms with Crippen molar-refractivity contribution in [2.75, 3.05) is 24.1 Å². The van der Waals surface area contributed by atoms with Gasteiger partial charge in [-0.05, 0) is 25.0 Å². The minimum Gasteiger partial charge on any atom is -0.397 e. The lowest BCUT2D eigenvalue weighted by Crippen LogP contribution is -2.23. The molecule has 4 N–H and O–H groups in total. The third-order valence-electron chi connectivity index (χ3n) is 2.34. The van der Waals surface area contributed by atoms with E-state index in [0.717, 1.165) is 31.7 Å². The van der Waals surface area contributed by atoms with E-state index in [0.29, 0.717) is 12.1 Å². The second-order valence-electron chi connectivity index (χ2n) is 3.81. The average molecular weight is 236 g/mol. The van der Waals surface area contributed by atoms with Crippen molar-refractivity contribution in [2.24, 2.45) is 0 Å². The summed E-state index contributed by atoms with van der Waals surface area (Å²) in [5.74, 6) is 0.940. The number of hydrogen-bond donors (Lipinski definition) is 3. The first-order valence-electron chi connectivity index (χ1n) is 5.94. The van der Waals surface area contributed by atoms with Crippen LogP contribution >= 0.6 is 0 Å². The van der Waals surface area contributed by atoms with Crippen LogP contribution in [-0.4, -0.2) is 24.0 Å². The summed E-state index contributed by atoms with van der Waals surface area (Å²) >= 11 is 0. The molecule has 1 amide bonds. The van der Waals surface area contributed by atoms with Crippen LogP contribution in [0.5, 0.6) is 0 Å². The molecule has 1 aromatic rings. The van der Waals surface area contributed by atoms with Crippen molar-refractivity contribution in [1.82, 2.24) is 10.3 Å². The van der Waals surface area contributed by atoms with Gasteiger partial charge in [-0.1, -0.05) is 6.92 Å². The predicted octanol–water partition coefficient (Wildman–Crippen LogP) is 1.38. The molecule has 0 aliphatic rings. The molecule has 0 spiro atoms. The number of nitrogens with one attached hydrogen (secondary N) is 2. The van der Waals surface area contributed by atoms with E-state index in [1.54, 1.807) is 6.20 Å². The quantitative estimate of drug-likeness (QED) is 0.625. The lowest BCUT2D eigenvalue weighted by molar-refractivity contribution is -0.120. The summed E-state index contributed by atoms with van der Waals surface area (Å²) in [5, 5.41) is 6.03. The van der Waals surface area contributed by atoms with Gasteiger partial charge in [0.05, 0.1) is 11.9 Å². The minimum absolute atomic E-state index is 0.109. The lowest BCUT2D eigenvalue weighted by Gasteiger charge is -2.06. The fourth-order valence-electron chi connectivity index (χ4n) is 1.33. The molecule has 0 radical (unpaired) electrons. The van der Waals surface area contributed by atoms with Gasteiger partial charge in [-0.15, -0.1) is 0 Å². The highest BCUT2D eigenvalue weighted by molar-refractivity contribution is 5.75. The molecule has 5 heteroatoms. The van der Waals surface area contributed by atoms with Crippen LogP contribution in [0, 0.1) is 0 Å². The van der Waals surface area contributed by atoms with Crippen LogP contribution in [0.3, 0.4) is 0 Å². The lowest BCUT2D eigenvalue weighted by atomic mass is 10.3. The zero-order valence-electron chi connectivity index (χ0n) is 10.2. The Morgan fingerprint density at radius 2 is 2.12 bits per heavy atom. The molecule has 1 aromatic heterocycles. The number of hydrogen-bond acceptors (Lipinski definition) is 4. The Morgan fingerprint density at radius 1 is 1.35 bits per heavy atom. The van der Waals surface area contributed by atoms with Crippen LogP contribution in [0.15, 0.2) is 18.3 Å². The third kappa shape index (κ3) is 5.75. The van der Waals surface area contributed by atoms with E-state index in [1.165, 1.54) is 0 Å². The Labute approximate surface area is 102 Å². The van der Waals surface area contributed by atoms with E-state index in [4.69, 9.17) is 5.73 Å². The molecule has 0 unspecified atom stereocenters. The highest BCUT2D eigenvalue weighted by atomic mass is 16.1. The number of aromatic nitrogens is 1. The molecule has 0 bridgehead atoms. The molecule has 0 aromatic carbocycles. The molecule has 0 fully saturated rings. The number of carbonyl (C=O) groups is 1. The van der Waals surface area contributed by atoms with Crippen molar-refractivity contribution in [2.45, 2.75) is 26.2 Å². The first-order chi connectivity index (χ1) is 8.22. The van der Waals surface area contributed by atoms with Crippen LogP contribution < -0.4 is 16.4 Å². The normalized spacial score (nSPS) is 9.94. The highest BCUT2D eigenvalue weighted by Crippen LogP contribution is 2.05. The summed E-state index contributed by atoms with van der Waals surface area (Å²) in [6, 6.07) is 3.67. The van der Waals surface area contributed by atoms with Crippen molar-refractivity contribution in [1.29, 1.82) is 0 Å². The molecule has 0 saturated heterocycles. The largest absolute Gasteiger partial charge is 0.397 e. The molecular weight excluding hydrogens is 216 g/mol. The van der Waals surface area contributed by atoms with Crippen molar-refractivity contribution in [3.05, 3.63) is 18.3 Å². The monoisotopic (exact) mass is 236 g/mol. The Hall–Kier alpha value is -1.78. The Morgan fingerprint density at radius 3 is 2.76 bits per heavy atom. The van der Waals surface area contributed by atoms with Crippen LogP contribution in [0.1, 0.15) is 26.2 Å². The average Bonchev–Trinajstić information content (AvgIpc) is 2.35. The summed E-state index contributed by atoms with van der Waals surface area (Å²) in [6.45, 7) is 3.44. The number of nitrogens with zero attached hydrogens (tertiary/aromatic N) is 1. The van der Waals surface area contributed by atoms with Crippen LogP contribution in [0.4, 0.5) is 11.5 Å². The van der Waals surface area contributed by atoms with Gasteiger partial charge in [-0.2, -0.15) is 0 Å². The molecule has 0 aliphatic carbocycles. The van der Waals surface area contributed by atoms with Crippen molar-refractivity contribution in [3.8, 4) is 0 Å². The van der Waals surface area contributed by atoms with Crippen LogP contribution in [0.2, 0.25) is 0 Å². The van der Waals surface area contributed by atoms with Gasteiger partial charge in [0, 0.05) is 19.5 Å². The number of anilines is 2. The SMILES string of the molecule is CCC(=O)NCCCCNc1ccc(N)cn1. The summed E-state index contributed by atoms with van der Waals surface area (Å²) in [7, 11) is 0. The Balaban J connectivity index is 2.04. The van der Waals surface area contributed by atoms with E-state index < -0.39 is 0 Å². The molecule has 1 rings (SSSR count). The highest BCUT2D eigenvalue weighted by Gasteiger charge is 1.96.